The minimum Gasteiger partial charge on any atom is -0.481 e. The highest BCUT2D eigenvalue weighted by molar-refractivity contribution is 7.92. The second kappa shape index (κ2) is 11.6. The highest BCUT2D eigenvalue weighted by Gasteiger charge is 2.73. The summed E-state index contributed by atoms with van der Waals surface area (Å²) in [4.78, 5) is 28.2. The number of hydrogen-bond acceptors (Lipinski definition) is 5. The molecule has 17 heteroatoms. The van der Waals surface area contributed by atoms with E-state index < -0.39 is 68.4 Å². The summed E-state index contributed by atoms with van der Waals surface area (Å²) in [6, 6.07) is 6.41. The number of carboxylic acid groups (broad SMARTS) is 1. The Labute approximate surface area is 246 Å². The zero-order valence-electron chi connectivity index (χ0n) is 22.6. The van der Waals surface area contributed by atoms with Crippen LogP contribution in [0.4, 0.5) is 36.4 Å². The number of nitrogens with zero attached hydrogens (tertiary/aromatic N) is 4. The molecular formula is C27H25F7N4O5S. The Morgan fingerprint density at radius 2 is 1.41 bits per heavy atom. The maximum Gasteiger partial charge on any atom is 0.435 e. The molecule has 4 rings (SSSR count). The smallest absolute Gasteiger partial charge is 0.435 e. The predicted octanol–water partition coefficient (Wildman–Crippen LogP) is 6.71. The minimum atomic E-state index is -6.37. The number of hydrogen-bond donors (Lipinski definition) is 1. The Morgan fingerprint density at radius 3 is 1.89 bits per heavy atom. The highest BCUT2D eigenvalue weighted by Crippen LogP contribution is 2.54. The minimum absolute atomic E-state index is 0.0589. The molecule has 2 fully saturated rings. The number of likely N-dealkylation sites (tertiary alicyclic amines) is 1. The molecule has 1 saturated carbocycles. The Bertz CT molecular complexity index is 1550. The molecule has 1 aliphatic carbocycles. The average Bonchev–Trinajstić information content (AvgIpc) is 3.43. The normalized spacial score (nSPS) is 23.2. The topological polar surface area (TPSA) is 141 Å². The third-order valence-electron chi connectivity index (χ3n) is 8.38. The van der Waals surface area contributed by atoms with Gasteiger partial charge in [-0.25, -0.2) is 12.8 Å². The van der Waals surface area contributed by atoms with Crippen molar-refractivity contribution in [2.45, 2.75) is 59.8 Å². The number of benzene rings is 2. The van der Waals surface area contributed by atoms with Crippen LogP contribution in [0.25, 0.3) is 10.4 Å². The lowest BCUT2D eigenvalue weighted by atomic mass is 9.81. The van der Waals surface area contributed by atoms with Crippen LogP contribution in [0.3, 0.4) is 0 Å². The van der Waals surface area contributed by atoms with Crippen molar-refractivity contribution in [2.75, 3.05) is 13.1 Å². The van der Waals surface area contributed by atoms with Crippen molar-refractivity contribution in [1.82, 2.24) is 4.90 Å². The first kappa shape index (κ1) is 33.1. The van der Waals surface area contributed by atoms with Crippen molar-refractivity contribution in [1.29, 1.82) is 0 Å². The van der Waals surface area contributed by atoms with Gasteiger partial charge < -0.3 is 10.0 Å². The molecule has 2 aromatic rings. The lowest BCUT2D eigenvalue weighted by Crippen LogP contribution is -2.50. The average molecular weight is 651 g/mol. The molecule has 0 radical (unpaired) electrons. The number of sulfone groups is 1. The number of alkyl halides is 7. The van der Waals surface area contributed by atoms with Crippen LogP contribution in [0, 0.1) is 11.8 Å². The van der Waals surface area contributed by atoms with Gasteiger partial charge in [0.2, 0.25) is 5.91 Å². The van der Waals surface area contributed by atoms with Gasteiger partial charge in [-0.3, -0.25) is 9.59 Å². The van der Waals surface area contributed by atoms with Gasteiger partial charge in [0.1, 0.15) is 4.75 Å². The Morgan fingerprint density at radius 1 is 0.886 bits per heavy atom. The van der Waals surface area contributed by atoms with Crippen molar-refractivity contribution >= 4 is 27.4 Å². The SMILES string of the molecule is [N-]=[N+]=Nc1ccc(S(=O)(=O)C2(c3ccc(C(F)(C(F)(F)F)C(F)(F)F)cc3)CCN(C(=O)C3CCC(C(=O)O)CC3)C2)cc1. The molecule has 1 amide bonds. The molecule has 2 aliphatic rings. The third kappa shape index (κ3) is 5.58. The summed E-state index contributed by atoms with van der Waals surface area (Å²) in [5.41, 5.74) is 0.894. The van der Waals surface area contributed by atoms with E-state index in [2.05, 4.69) is 10.0 Å². The zero-order valence-corrected chi connectivity index (χ0v) is 23.5. The molecule has 9 nitrogen and oxygen atoms in total. The predicted molar refractivity (Wildman–Crippen MR) is 140 cm³/mol. The number of carbonyl (C=O) groups is 2. The van der Waals surface area contributed by atoms with E-state index >= 15 is 0 Å². The van der Waals surface area contributed by atoms with Crippen molar-refractivity contribution in [2.24, 2.45) is 17.0 Å². The summed E-state index contributed by atoms with van der Waals surface area (Å²) in [6.07, 6.45) is -12.1. The van der Waals surface area contributed by atoms with Gasteiger partial charge in [0.05, 0.1) is 10.8 Å². The van der Waals surface area contributed by atoms with Gasteiger partial charge in [-0.05, 0) is 55.3 Å². The number of aliphatic carboxylic acids is 1. The van der Waals surface area contributed by atoms with Gasteiger partial charge in [0, 0.05) is 35.2 Å². The molecule has 1 heterocycles. The summed E-state index contributed by atoms with van der Waals surface area (Å²) < 4.78 is 121. The summed E-state index contributed by atoms with van der Waals surface area (Å²) in [7, 11) is -4.55. The Hall–Kier alpha value is -3.85. The number of halogens is 7. The molecule has 1 saturated heterocycles. The van der Waals surface area contributed by atoms with Crippen molar-refractivity contribution in [3.05, 3.63) is 70.1 Å². The first-order valence-electron chi connectivity index (χ1n) is 13.2. The van der Waals surface area contributed by atoms with Crippen LogP contribution in [0.15, 0.2) is 58.5 Å². The number of rotatable bonds is 7. The van der Waals surface area contributed by atoms with Crippen molar-refractivity contribution in [3.63, 3.8) is 0 Å². The van der Waals surface area contributed by atoms with Crippen LogP contribution >= 0.6 is 0 Å². The molecule has 238 valence electrons. The molecule has 1 atom stereocenters. The lowest BCUT2D eigenvalue weighted by molar-refractivity contribution is -0.348. The molecule has 1 N–H and O–H groups in total. The van der Waals surface area contributed by atoms with Gasteiger partial charge in [-0.1, -0.05) is 41.5 Å². The fraction of sp³-hybridized carbons (Fsp3) is 0.481. The maximum atomic E-state index is 14.7. The number of carbonyl (C=O) groups excluding carboxylic acids is 1. The largest absolute Gasteiger partial charge is 0.481 e. The van der Waals surface area contributed by atoms with E-state index in [0.29, 0.717) is 12.1 Å². The Balaban J connectivity index is 1.76. The first-order chi connectivity index (χ1) is 20.4. The van der Waals surface area contributed by atoms with Gasteiger partial charge in [0.25, 0.3) is 0 Å². The summed E-state index contributed by atoms with van der Waals surface area (Å²) in [6.45, 7) is -0.669. The van der Waals surface area contributed by atoms with Crippen molar-refractivity contribution < 1.29 is 53.8 Å². The Kier molecular flexibility index (Phi) is 8.70. The summed E-state index contributed by atoms with van der Waals surface area (Å²) in [5, 5.41) is 12.6. The monoisotopic (exact) mass is 650 g/mol. The van der Waals surface area contributed by atoms with Crippen LogP contribution < -0.4 is 0 Å². The van der Waals surface area contributed by atoms with E-state index in [-0.39, 0.29) is 66.9 Å². The quantitative estimate of drug-likeness (QED) is 0.154. The second-order valence-corrected chi connectivity index (χ2v) is 13.1. The van der Waals surface area contributed by atoms with E-state index in [1.165, 1.54) is 17.0 Å². The van der Waals surface area contributed by atoms with Gasteiger partial charge in [-0.2, -0.15) is 26.3 Å². The van der Waals surface area contributed by atoms with Crippen LogP contribution in [0.1, 0.15) is 43.2 Å². The van der Waals surface area contributed by atoms with E-state index in [4.69, 9.17) is 5.53 Å². The molecule has 1 unspecified atom stereocenters. The fourth-order valence-corrected chi connectivity index (χ4v) is 7.96. The summed E-state index contributed by atoms with van der Waals surface area (Å²) >= 11 is 0. The van der Waals surface area contributed by atoms with E-state index in [1.54, 1.807) is 0 Å². The van der Waals surface area contributed by atoms with Gasteiger partial charge in [0.15, 0.2) is 9.84 Å². The standard InChI is InChI=1S/C27H25F7N4O5S/c28-25(26(29,30)31,27(32,33)34)19-7-5-18(6-8-19)24(44(42,43)21-11-9-20(10-12-21)36-37-35)13-14-38(15-24)22(39)16-1-3-17(4-2-16)23(40)41/h5-12,16-17H,1-4,13-15H2,(H,40,41). The van der Waals surface area contributed by atoms with Gasteiger partial charge in [-0.15, -0.1) is 0 Å². The van der Waals surface area contributed by atoms with Crippen molar-refractivity contribution in [3.8, 4) is 0 Å². The first-order valence-corrected chi connectivity index (χ1v) is 14.7. The van der Waals surface area contributed by atoms with E-state index in [9.17, 15) is 53.8 Å². The van der Waals surface area contributed by atoms with E-state index in [0.717, 1.165) is 12.1 Å². The summed E-state index contributed by atoms with van der Waals surface area (Å²) in [5.74, 6) is -2.69. The van der Waals surface area contributed by atoms with Crippen LogP contribution in [-0.2, 0) is 29.8 Å². The molecule has 0 aromatic heterocycles. The third-order valence-corrected chi connectivity index (χ3v) is 10.9. The molecular weight excluding hydrogens is 625 g/mol. The molecule has 0 bridgehead atoms. The number of azide groups is 1. The molecule has 1 aliphatic heterocycles. The molecule has 2 aromatic carbocycles. The number of carboxylic acids is 1. The lowest BCUT2D eigenvalue weighted by Gasteiger charge is -2.33. The van der Waals surface area contributed by atoms with Crippen LogP contribution in [-0.4, -0.2) is 55.7 Å². The number of amides is 1. The van der Waals surface area contributed by atoms with Crippen LogP contribution in [0.5, 0.6) is 0 Å². The van der Waals surface area contributed by atoms with Gasteiger partial charge >= 0.3 is 24.0 Å². The maximum absolute atomic E-state index is 14.7. The molecule has 44 heavy (non-hydrogen) atoms. The van der Waals surface area contributed by atoms with Crippen LogP contribution in [0.2, 0.25) is 0 Å². The van der Waals surface area contributed by atoms with E-state index in [1.807, 2.05) is 0 Å². The molecule has 0 spiro atoms. The second-order valence-electron chi connectivity index (χ2n) is 10.8. The highest BCUT2D eigenvalue weighted by atomic mass is 32.2. The fourth-order valence-electron chi connectivity index (χ4n) is 5.89. The zero-order chi connectivity index (χ0) is 32.7.